The molecule has 13 heavy (non-hydrogen) atoms. The van der Waals surface area contributed by atoms with Crippen LogP contribution >= 0.6 is 12.4 Å². The Morgan fingerprint density at radius 1 is 1.54 bits per heavy atom. The van der Waals surface area contributed by atoms with Gasteiger partial charge in [0.05, 0.1) is 6.61 Å². The van der Waals surface area contributed by atoms with Gasteiger partial charge in [0.15, 0.2) is 0 Å². The summed E-state index contributed by atoms with van der Waals surface area (Å²) >= 11 is 0. The summed E-state index contributed by atoms with van der Waals surface area (Å²) in [7, 11) is 0. The Bertz CT molecular complexity index is 151. The van der Waals surface area contributed by atoms with Crippen molar-refractivity contribution >= 4 is 12.4 Å². The number of nitrogens with zero attached hydrogens (tertiary/aromatic N) is 1. The summed E-state index contributed by atoms with van der Waals surface area (Å²) in [4.78, 5) is 2.52. The van der Waals surface area contributed by atoms with Crippen molar-refractivity contribution in [1.29, 1.82) is 0 Å². The minimum absolute atomic E-state index is 0. The fourth-order valence-corrected chi connectivity index (χ4v) is 2.28. The van der Waals surface area contributed by atoms with Gasteiger partial charge in [-0.05, 0) is 25.9 Å². The molecular formula is C9H19ClN2O. The average molecular weight is 207 g/mol. The lowest BCUT2D eigenvalue weighted by Gasteiger charge is -2.27. The largest absolute Gasteiger partial charge is 0.360 e. The zero-order valence-electron chi connectivity index (χ0n) is 8.16. The predicted octanol–water partition coefficient (Wildman–Crippen LogP) is 0.838. The molecule has 2 rings (SSSR count). The van der Waals surface area contributed by atoms with Gasteiger partial charge in [0, 0.05) is 12.6 Å². The highest BCUT2D eigenvalue weighted by atomic mass is 35.5. The van der Waals surface area contributed by atoms with E-state index in [2.05, 4.69) is 17.1 Å². The summed E-state index contributed by atoms with van der Waals surface area (Å²) in [6.07, 6.45) is 2.94. The van der Waals surface area contributed by atoms with Crippen LogP contribution in [0.2, 0.25) is 0 Å². The van der Waals surface area contributed by atoms with E-state index < -0.39 is 0 Å². The van der Waals surface area contributed by atoms with Crippen LogP contribution in [0, 0.1) is 0 Å². The Morgan fingerprint density at radius 3 is 3.00 bits per heavy atom. The Kier molecular flexibility index (Phi) is 4.46. The maximum Gasteiger partial charge on any atom is 0.123 e. The van der Waals surface area contributed by atoms with E-state index in [1.54, 1.807) is 0 Å². The third-order valence-corrected chi connectivity index (χ3v) is 2.91. The van der Waals surface area contributed by atoms with Gasteiger partial charge in [-0.3, -0.25) is 10.2 Å². The molecule has 0 amide bonds. The van der Waals surface area contributed by atoms with Crippen LogP contribution in [-0.2, 0) is 4.74 Å². The van der Waals surface area contributed by atoms with Crippen LogP contribution in [0.1, 0.15) is 19.8 Å². The molecule has 0 spiro atoms. The van der Waals surface area contributed by atoms with Gasteiger partial charge in [0.1, 0.15) is 6.23 Å². The molecule has 2 unspecified atom stereocenters. The SMILES string of the molecule is CCN1CCCC1C1NCCO1.Cl. The fraction of sp³-hybridized carbons (Fsp3) is 1.00. The number of hydrogen-bond acceptors (Lipinski definition) is 3. The van der Waals surface area contributed by atoms with Crippen LogP contribution < -0.4 is 5.32 Å². The zero-order valence-corrected chi connectivity index (χ0v) is 8.98. The van der Waals surface area contributed by atoms with Gasteiger partial charge in [-0.25, -0.2) is 0 Å². The van der Waals surface area contributed by atoms with E-state index in [4.69, 9.17) is 4.74 Å². The van der Waals surface area contributed by atoms with E-state index in [0.717, 1.165) is 19.7 Å². The van der Waals surface area contributed by atoms with Crippen molar-refractivity contribution < 1.29 is 4.74 Å². The van der Waals surface area contributed by atoms with E-state index in [9.17, 15) is 0 Å². The van der Waals surface area contributed by atoms with Crippen LogP contribution in [0.5, 0.6) is 0 Å². The van der Waals surface area contributed by atoms with E-state index in [1.165, 1.54) is 19.4 Å². The van der Waals surface area contributed by atoms with Crippen molar-refractivity contribution in [2.24, 2.45) is 0 Å². The quantitative estimate of drug-likeness (QED) is 0.725. The maximum absolute atomic E-state index is 5.62. The van der Waals surface area contributed by atoms with Gasteiger partial charge in [-0.15, -0.1) is 12.4 Å². The summed E-state index contributed by atoms with van der Waals surface area (Å²) in [6, 6.07) is 0.637. The zero-order chi connectivity index (χ0) is 8.39. The van der Waals surface area contributed by atoms with E-state index in [-0.39, 0.29) is 12.4 Å². The highest BCUT2D eigenvalue weighted by molar-refractivity contribution is 5.85. The van der Waals surface area contributed by atoms with Gasteiger partial charge in [-0.2, -0.15) is 0 Å². The number of ether oxygens (including phenoxy) is 1. The Labute approximate surface area is 86.2 Å². The van der Waals surface area contributed by atoms with Crippen molar-refractivity contribution in [3.8, 4) is 0 Å². The number of likely N-dealkylation sites (tertiary alicyclic amines) is 1. The molecule has 2 aliphatic rings. The van der Waals surface area contributed by atoms with E-state index in [1.807, 2.05) is 0 Å². The first kappa shape index (κ1) is 11.2. The molecule has 0 aromatic rings. The highest BCUT2D eigenvalue weighted by Crippen LogP contribution is 2.21. The second-order valence-electron chi connectivity index (χ2n) is 3.58. The third kappa shape index (κ3) is 2.34. The molecule has 2 heterocycles. The molecule has 0 aromatic carbocycles. The molecule has 0 aromatic heterocycles. The topological polar surface area (TPSA) is 24.5 Å². The molecule has 4 heteroatoms. The van der Waals surface area contributed by atoms with Gasteiger partial charge >= 0.3 is 0 Å². The Morgan fingerprint density at radius 2 is 2.38 bits per heavy atom. The average Bonchev–Trinajstić information content (AvgIpc) is 2.74. The number of likely N-dealkylation sites (N-methyl/N-ethyl adjacent to an activating group) is 1. The minimum atomic E-state index is 0. The normalized spacial score (nSPS) is 34.8. The van der Waals surface area contributed by atoms with Gasteiger partial charge in [0.25, 0.3) is 0 Å². The summed E-state index contributed by atoms with van der Waals surface area (Å²) in [6.45, 7) is 6.56. The molecule has 1 N–H and O–H groups in total. The summed E-state index contributed by atoms with van der Waals surface area (Å²) in [5.41, 5.74) is 0. The Balaban J connectivity index is 0.000000845. The van der Waals surface area contributed by atoms with E-state index in [0.29, 0.717) is 12.3 Å². The molecular weight excluding hydrogens is 188 g/mol. The lowest BCUT2D eigenvalue weighted by atomic mass is 10.2. The number of rotatable bonds is 2. The first-order valence-corrected chi connectivity index (χ1v) is 5.01. The molecule has 0 aliphatic carbocycles. The molecule has 3 nitrogen and oxygen atoms in total. The van der Waals surface area contributed by atoms with Gasteiger partial charge < -0.3 is 4.74 Å². The van der Waals surface area contributed by atoms with Crippen molar-refractivity contribution in [2.75, 3.05) is 26.2 Å². The molecule has 2 fully saturated rings. The molecule has 78 valence electrons. The van der Waals surface area contributed by atoms with Gasteiger partial charge in [0.2, 0.25) is 0 Å². The molecule has 0 radical (unpaired) electrons. The lowest BCUT2D eigenvalue weighted by molar-refractivity contribution is 0.0333. The molecule has 0 saturated carbocycles. The minimum Gasteiger partial charge on any atom is -0.360 e. The summed E-state index contributed by atoms with van der Waals surface area (Å²) in [5.74, 6) is 0. The van der Waals surface area contributed by atoms with Crippen LogP contribution in [0.15, 0.2) is 0 Å². The third-order valence-electron chi connectivity index (χ3n) is 2.91. The van der Waals surface area contributed by atoms with Crippen LogP contribution in [0.4, 0.5) is 0 Å². The molecule has 2 atom stereocenters. The maximum atomic E-state index is 5.62. The van der Waals surface area contributed by atoms with Crippen LogP contribution in [0.25, 0.3) is 0 Å². The second kappa shape index (κ2) is 5.15. The smallest absolute Gasteiger partial charge is 0.123 e. The monoisotopic (exact) mass is 206 g/mol. The van der Waals surface area contributed by atoms with Gasteiger partial charge in [-0.1, -0.05) is 6.92 Å². The first-order valence-electron chi connectivity index (χ1n) is 5.01. The highest BCUT2D eigenvalue weighted by Gasteiger charge is 2.32. The van der Waals surface area contributed by atoms with Crippen molar-refractivity contribution in [3.63, 3.8) is 0 Å². The van der Waals surface area contributed by atoms with Crippen molar-refractivity contribution in [3.05, 3.63) is 0 Å². The standard InChI is InChI=1S/C9H18N2O.ClH/c1-2-11-6-3-4-8(11)9-10-5-7-12-9;/h8-10H,2-7H2,1H3;1H. The van der Waals surface area contributed by atoms with E-state index >= 15 is 0 Å². The molecule has 2 aliphatic heterocycles. The predicted molar refractivity (Wildman–Crippen MR) is 55.3 cm³/mol. The number of halogens is 1. The number of hydrogen-bond donors (Lipinski definition) is 1. The fourth-order valence-electron chi connectivity index (χ4n) is 2.28. The number of nitrogens with one attached hydrogen (secondary N) is 1. The summed E-state index contributed by atoms with van der Waals surface area (Å²) in [5, 5.41) is 3.40. The first-order chi connectivity index (χ1) is 5.92. The summed E-state index contributed by atoms with van der Waals surface area (Å²) < 4.78 is 5.62. The molecule has 0 bridgehead atoms. The van der Waals surface area contributed by atoms with Crippen LogP contribution in [-0.4, -0.2) is 43.4 Å². The second-order valence-corrected chi connectivity index (χ2v) is 3.58. The van der Waals surface area contributed by atoms with Crippen molar-refractivity contribution in [1.82, 2.24) is 10.2 Å². The molecule has 2 saturated heterocycles. The van der Waals surface area contributed by atoms with Crippen molar-refractivity contribution in [2.45, 2.75) is 32.0 Å². The lowest BCUT2D eigenvalue weighted by Crippen LogP contribution is -2.44. The van der Waals surface area contributed by atoms with Crippen LogP contribution in [0.3, 0.4) is 0 Å². The Hall–Kier alpha value is 0.170.